The molecule has 0 saturated carbocycles. The number of benzene rings is 4. The molecule has 0 atom stereocenters. The maximum atomic E-state index is 2.50. The predicted molar refractivity (Wildman–Crippen MR) is 191 cm³/mol. The monoisotopic (exact) mass is 681 g/mol. The summed E-state index contributed by atoms with van der Waals surface area (Å²) in [4.78, 5) is 0. The summed E-state index contributed by atoms with van der Waals surface area (Å²) in [7, 11) is 0. The van der Waals surface area contributed by atoms with Crippen LogP contribution in [0.1, 0.15) is 102 Å². The second-order valence-corrected chi connectivity index (χ2v) is 16.0. The molecule has 0 aromatic heterocycles. The molecule has 3 heteroatoms. The van der Waals surface area contributed by atoms with Crippen molar-refractivity contribution in [1.82, 2.24) is 0 Å². The Hall–Kier alpha value is -2.61. The van der Waals surface area contributed by atoms with Gasteiger partial charge in [-0.25, -0.2) is 0 Å². The molecular weight excluding hydrogens is 635 g/mol. The van der Waals surface area contributed by atoms with Crippen molar-refractivity contribution in [2.24, 2.45) is 0 Å². The van der Waals surface area contributed by atoms with Gasteiger partial charge >= 0.3 is 95.6 Å². The van der Waals surface area contributed by atoms with Gasteiger partial charge in [-0.05, 0) is 22.7 Å². The van der Waals surface area contributed by atoms with Crippen LogP contribution in [-0.4, -0.2) is 3.81 Å². The van der Waals surface area contributed by atoms with Crippen LogP contribution in [0.4, 0.5) is 0 Å². The van der Waals surface area contributed by atoms with Crippen LogP contribution in [-0.2, 0) is 36.2 Å². The summed E-state index contributed by atoms with van der Waals surface area (Å²) < 4.78 is 1.33. The van der Waals surface area contributed by atoms with Crippen LogP contribution in [0.2, 0.25) is 0 Å². The van der Waals surface area contributed by atoms with Gasteiger partial charge in [0, 0.05) is 0 Å². The van der Waals surface area contributed by atoms with E-state index in [2.05, 4.69) is 179 Å². The Morgan fingerprint density at radius 3 is 1.67 bits per heavy atom. The first kappa shape index (κ1) is 37.8. The minimum absolute atomic E-state index is 0. The van der Waals surface area contributed by atoms with Crippen LogP contribution in [0.3, 0.4) is 0 Å². The van der Waals surface area contributed by atoms with Crippen LogP contribution in [0.25, 0.3) is 27.1 Å². The summed E-state index contributed by atoms with van der Waals surface area (Å²) >= 11 is 2.16. The van der Waals surface area contributed by atoms with Crippen molar-refractivity contribution in [2.75, 3.05) is 0 Å². The molecule has 1 aliphatic carbocycles. The van der Waals surface area contributed by atoms with Gasteiger partial charge in [0.25, 0.3) is 0 Å². The first-order valence-electron chi connectivity index (χ1n) is 15.9. The second kappa shape index (κ2) is 14.7. The molecule has 0 saturated heterocycles. The van der Waals surface area contributed by atoms with Crippen LogP contribution in [0.15, 0.2) is 109 Å². The molecule has 46 heavy (non-hydrogen) atoms. The molecule has 0 nitrogen and oxygen atoms in total. The molecule has 0 spiro atoms. The van der Waals surface area contributed by atoms with Crippen LogP contribution >= 0.6 is 0 Å². The van der Waals surface area contributed by atoms with E-state index in [1.807, 2.05) is 12.1 Å². The van der Waals surface area contributed by atoms with Gasteiger partial charge in [0.05, 0.1) is 0 Å². The second-order valence-electron chi connectivity index (χ2n) is 15.3. The average Bonchev–Trinajstić information content (AvgIpc) is 3.64. The van der Waals surface area contributed by atoms with Crippen molar-refractivity contribution in [2.45, 2.75) is 85.0 Å². The van der Waals surface area contributed by atoms with Crippen molar-refractivity contribution in [3.8, 4) is 0 Å². The number of halogens is 2. The Balaban J connectivity index is 0.000000304. The summed E-state index contributed by atoms with van der Waals surface area (Å²) in [6, 6.07) is 33.0. The fraction of sp³-hybridized carbons (Fsp3) is 0.302. The van der Waals surface area contributed by atoms with E-state index < -0.39 is 0 Å². The molecule has 1 aliphatic rings. The first-order chi connectivity index (χ1) is 20.7. The third-order valence-electron chi connectivity index (χ3n) is 8.65. The molecule has 6 rings (SSSR count). The van der Waals surface area contributed by atoms with E-state index in [4.69, 9.17) is 0 Å². The van der Waals surface area contributed by atoms with E-state index in [1.165, 1.54) is 64.3 Å². The molecule has 0 unspecified atom stereocenters. The van der Waals surface area contributed by atoms with Gasteiger partial charge in [-0.2, -0.15) is 0 Å². The van der Waals surface area contributed by atoms with E-state index in [0.717, 1.165) is 6.42 Å². The van der Waals surface area contributed by atoms with Crippen molar-refractivity contribution in [3.63, 3.8) is 0 Å². The first-order valence-corrected chi connectivity index (χ1v) is 16.7. The molecule has 0 fully saturated rings. The number of allylic oxidation sites excluding steroid dienone is 4. The minimum atomic E-state index is 0. The Morgan fingerprint density at radius 1 is 0.652 bits per heavy atom. The zero-order chi connectivity index (χ0) is 31.9. The SMILES string of the molecule is CC(C)(C)c1ccc2c(c1)[cH-]c1c(C3=CC=CC3)c(C(C)(C)C)c(C(C)(C)C)cc12.[Cl-].[Cl-].[Ti+2]=[C](c1ccccc1)c1ccccc1. The van der Waals surface area contributed by atoms with Crippen molar-refractivity contribution in [1.29, 1.82) is 0 Å². The molecule has 0 amide bonds. The van der Waals surface area contributed by atoms with Gasteiger partial charge in [0.2, 0.25) is 0 Å². The quantitative estimate of drug-likeness (QED) is 0.168. The Bertz CT molecular complexity index is 1830. The third kappa shape index (κ3) is 8.09. The maximum absolute atomic E-state index is 2.50. The summed E-state index contributed by atoms with van der Waals surface area (Å²) in [6.07, 6.45) is 7.87. The van der Waals surface area contributed by atoms with Crippen LogP contribution in [0, 0.1) is 0 Å². The molecule has 0 bridgehead atoms. The van der Waals surface area contributed by atoms with Gasteiger partial charge in [-0.15, -0.1) is 33.7 Å². The normalized spacial score (nSPS) is 13.1. The fourth-order valence-corrected chi connectivity index (χ4v) is 6.85. The summed E-state index contributed by atoms with van der Waals surface area (Å²) in [6.45, 7) is 21.1. The van der Waals surface area contributed by atoms with Crippen LogP contribution in [0.5, 0.6) is 0 Å². The molecule has 0 heterocycles. The van der Waals surface area contributed by atoms with Gasteiger partial charge in [-0.3, -0.25) is 0 Å². The van der Waals surface area contributed by atoms with Gasteiger partial charge in [-0.1, -0.05) is 127 Å². The number of hydrogen-bond donors (Lipinski definition) is 0. The van der Waals surface area contributed by atoms with Gasteiger partial charge in [0.15, 0.2) is 0 Å². The molecule has 0 N–H and O–H groups in total. The van der Waals surface area contributed by atoms with E-state index in [1.54, 1.807) is 0 Å². The van der Waals surface area contributed by atoms with Crippen molar-refractivity contribution >= 4 is 30.9 Å². The summed E-state index contributed by atoms with van der Waals surface area (Å²) in [5, 5.41) is 5.59. The van der Waals surface area contributed by atoms with Crippen LogP contribution < -0.4 is 24.8 Å². The molecular formula is C43H47Cl2Ti-. The van der Waals surface area contributed by atoms with E-state index in [0.29, 0.717) is 0 Å². The fourth-order valence-electron chi connectivity index (χ4n) is 6.33. The average molecular weight is 683 g/mol. The molecule has 238 valence electrons. The standard InChI is InChI=1S/C30H37.C13H10.2ClH.Ti/c1-28(2,3)21-14-15-22-20(16-21)17-24-23(22)18-25(29(4,5)6)27(30(7,8)9)26(24)19-12-10-11-13-19;1-3-7-12(8-4-1)11-13-9-5-2-6-10-13;;;/h10-12,14-18H,13H2,1-9H3;1-10H;2*1H;/q-1;;;;+2/p-2. The van der Waals surface area contributed by atoms with Crippen molar-refractivity contribution in [3.05, 3.63) is 143 Å². The molecule has 0 radical (unpaired) electrons. The topological polar surface area (TPSA) is 0 Å². The number of rotatable bonds is 3. The summed E-state index contributed by atoms with van der Waals surface area (Å²) in [5.41, 5.74) is 10.2. The van der Waals surface area contributed by atoms with E-state index >= 15 is 0 Å². The predicted octanol–water partition coefficient (Wildman–Crippen LogP) is 5.76. The Kier molecular flexibility index (Phi) is 12.1. The van der Waals surface area contributed by atoms with Crippen molar-refractivity contribution < 1.29 is 44.8 Å². The Labute approximate surface area is 301 Å². The zero-order valence-electron chi connectivity index (χ0n) is 28.9. The Morgan fingerprint density at radius 2 is 1.22 bits per heavy atom. The number of hydrogen-bond acceptors (Lipinski definition) is 0. The molecule has 5 aromatic rings. The zero-order valence-corrected chi connectivity index (χ0v) is 31.9. The molecule has 5 aromatic carbocycles. The van der Waals surface area contributed by atoms with E-state index in [-0.39, 0.29) is 41.1 Å². The molecule has 0 aliphatic heterocycles. The van der Waals surface area contributed by atoms with Gasteiger partial charge in [0.1, 0.15) is 0 Å². The van der Waals surface area contributed by atoms with E-state index in [9.17, 15) is 0 Å². The third-order valence-corrected chi connectivity index (χ3v) is 9.55. The number of fused-ring (bicyclic) bond motifs is 3. The summed E-state index contributed by atoms with van der Waals surface area (Å²) in [5.74, 6) is 0. The van der Waals surface area contributed by atoms with Gasteiger partial charge < -0.3 is 24.8 Å².